The van der Waals surface area contributed by atoms with Gasteiger partial charge in [0.2, 0.25) is 0 Å². The van der Waals surface area contributed by atoms with E-state index in [-0.39, 0.29) is 28.1 Å². The number of anilines is 1. The Hall–Kier alpha value is -2.78. The molecule has 2 N–H and O–H groups in total. The number of benzene rings is 2. The lowest BCUT2D eigenvalue weighted by Crippen LogP contribution is -2.30. The second kappa shape index (κ2) is 8.16. The molecule has 0 spiro atoms. The Morgan fingerprint density at radius 2 is 1.93 bits per heavy atom. The number of hydrogen-bond acceptors (Lipinski definition) is 5. The summed E-state index contributed by atoms with van der Waals surface area (Å²) in [7, 11) is -3.93. The first-order chi connectivity index (χ1) is 14.3. The Morgan fingerprint density at radius 1 is 1.20 bits per heavy atom. The molecule has 0 bridgehead atoms. The minimum absolute atomic E-state index is 0.0486. The van der Waals surface area contributed by atoms with Crippen LogP contribution in [0.5, 0.6) is 0 Å². The predicted molar refractivity (Wildman–Crippen MR) is 113 cm³/mol. The highest BCUT2D eigenvalue weighted by Crippen LogP contribution is 2.42. The zero-order chi connectivity index (χ0) is 21.3. The molecule has 2 aromatic carbocycles. The van der Waals surface area contributed by atoms with Crippen molar-refractivity contribution in [2.45, 2.75) is 30.7 Å². The van der Waals surface area contributed by atoms with Gasteiger partial charge < -0.3 is 5.32 Å². The molecule has 0 radical (unpaired) electrons. The quantitative estimate of drug-likeness (QED) is 0.568. The van der Waals surface area contributed by atoms with Gasteiger partial charge in [-0.2, -0.15) is 0 Å². The van der Waals surface area contributed by atoms with Gasteiger partial charge in [0.25, 0.3) is 15.9 Å². The number of carbonyl (C=O) groups is 1. The molecule has 30 heavy (non-hydrogen) atoms. The molecular weight excluding hydrogens is 425 g/mol. The zero-order valence-corrected chi connectivity index (χ0v) is 17.8. The van der Waals surface area contributed by atoms with Gasteiger partial charge >= 0.3 is 0 Å². The van der Waals surface area contributed by atoms with Crippen molar-refractivity contribution in [3.05, 3.63) is 76.0 Å². The van der Waals surface area contributed by atoms with Crippen LogP contribution in [0.4, 0.5) is 10.1 Å². The molecule has 156 valence electrons. The van der Waals surface area contributed by atoms with Gasteiger partial charge in [-0.15, -0.1) is 11.3 Å². The number of nitrogens with zero attached hydrogens (tertiary/aromatic N) is 1. The van der Waals surface area contributed by atoms with Crippen molar-refractivity contribution in [1.82, 2.24) is 10.3 Å². The Kier molecular flexibility index (Phi) is 5.57. The van der Waals surface area contributed by atoms with E-state index < -0.39 is 15.8 Å². The third-order valence-electron chi connectivity index (χ3n) is 4.79. The third kappa shape index (κ3) is 4.68. The van der Waals surface area contributed by atoms with Crippen LogP contribution in [0, 0.1) is 18.7 Å². The van der Waals surface area contributed by atoms with E-state index in [1.54, 1.807) is 23.6 Å². The highest BCUT2D eigenvalue weighted by atomic mass is 32.2. The highest BCUT2D eigenvalue weighted by molar-refractivity contribution is 7.92. The van der Waals surface area contributed by atoms with E-state index in [2.05, 4.69) is 15.0 Å². The third-order valence-corrected chi connectivity index (χ3v) is 7.16. The second-order valence-electron chi connectivity index (χ2n) is 7.24. The minimum atomic E-state index is -3.93. The van der Waals surface area contributed by atoms with Crippen LogP contribution < -0.4 is 10.0 Å². The first-order valence-electron chi connectivity index (χ1n) is 9.43. The summed E-state index contributed by atoms with van der Waals surface area (Å²) in [5, 5.41) is 3.88. The first-order valence-corrected chi connectivity index (χ1v) is 11.7. The van der Waals surface area contributed by atoms with E-state index in [1.807, 2.05) is 6.92 Å². The van der Waals surface area contributed by atoms with Gasteiger partial charge in [0.1, 0.15) is 10.8 Å². The molecule has 1 fully saturated rings. The Balaban J connectivity index is 1.53. The van der Waals surface area contributed by atoms with Crippen LogP contribution in [0.15, 0.2) is 59.6 Å². The molecule has 9 heteroatoms. The molecule has 1 aromatic heterocycles. The second-order valence-corrected chi connectivity index (χ2v) is 10.2. The summed E-state index contributed by atoms with van der Waals surface area (Å²) in [6.45, 7) is 1.97. The largest absolute Gasteiger partial charge is 0.343 e. The molecule has 1 atom stereocenters. The van der Waals surface area contributed by atoms with Crippen LogP contribution in [-0.2, 0) is 10.0 Å². The van der Waals surface area contributed by atoms with Gasteiger partial charge in [0, 0.05) is 22.3 Å². The van der Waals surface area contributed by atoms with Crippen LogP contribution in [-0.4, -0.2) is 19.3 Å². The summed E-state index contributed by atoms with van der Waals surface area (Å²) in [5.41, 5.74) is 0.482. The van der Waals surface area contributed by atoms with Gasteiger partial charge in [-0.3, -0.25) is 9.52 Å². The molecule has 3 aromatic rings. The summed E-state index contributed by atoms with van der Waals surface area (Å²) in [5.74, 6) is -0.456. The van der Waals surface area contributed by atoms with Crippen LogP contribution in [0.25, 0.3) is 0 Å². The molecule has 0 aliphatic heterocycles. The number of rotatable bonds is 7. The number of hydrogen-bond donors (Lipinski definition) is 2. The van der Waals surface area contributed by atoms with Gasteiger partial charge in [-0.05, 0) is 68.1 Å². The molecule has 0 unspecified atom stereocenters. The van der Waals surface area contributed by atoms with Crippen molar-refractivity contribution >= 4 is 33.0 Å². The number of aryl methyl sites for hydroxylation is 1. The highest BCUT2D eigenvalue weighted by Gasteiger charge is 2.35. The van der Waals surface area contributed by atoms with Crippen LogP contribution >= 0.6 is 11.3 Å². The number of nitrogens with one attached hydrogen (secondary N) is 2. The summed E-state index contributed by atoms with van der Waals surface area (Å²) in [6, 6.07) is 10.7. The Labute approximate surface area is 178 Å². The maximum absolute atomic E-state index is 13.0. The van der Waals surface area contributed by atoms with Gasteiger partial charge in [0.05, 0.1) is 10.9 Å². The molecule has 6 nitrogen and oxygen atoms in total. The number of thiazole rings is 1. The van der Waals surface area contributed by atoms with E-state index in [4.69, 9.17) is 0 Å². The number of halogens is 1. The zero-order valence-electron chi connectivity index (χ0n) is 16.1. The smallest absolute Gasteiger partial charge is 0.261 e. The van der Waals surface area contributed by atoms with Crippen molar-refractivity contribution in [2.75, 3.05) is 4.72 Å². The fourth-order valence-corrected chi connectivity index (χ4v) is 5.11. The Bertz CT molecular complexity index is 1170. The topological polar surface area (TPSA) is 88.2 Å². The van der Waals surface area contributed by atoms with Crippen molar-refractivity contribution in [1.29, 1.82) is 0 Å². The van der Waals surface area contributed by atoms with Gasteiger partial charge in [0.15, 0.2) is 0 Å². The van der Waals surface area contributed by atoms with E-state index in [0.29, 0.717) is 5.92 Å². The van der Waals surface area contributed by atoms with Crippen LogP contribution in [0.3, 0.4) is 0 Å². The summed E-state index contributed by atoms with van der Waals surface area (Å²) < 4.78 is 40.8. The fourth-order valence-electron chi connectivity index (χ4n) is 3.09. The first kappa shape index (κ1) is 20.5. The SMILES string of the molecule is Cc1cnc([C@@H](NC(=O)c2cccc(S(=O)(=O)Nc3ccc(F)cc3)c2)C2CC2)s1. The predicted octanol–water partition coefficient (Wildman–Crippen LogP) is 4.27. The molecule has 1 aliphatic rings. The number of amides is 1. The van der Waals surface area contributed by atoms with E-state index in [0.717, 1.165) is 22.7 Å². The summed E-state index contributed by atoms with van der Waals surface area (Å²) in [6.07, 6.45) is 3.84. The maximum atomic E-state index is 13.0. The lowest BCUT2D eigenvalue weighted by atomic mass is 10.1. The molecule has 1 saturated carbocycles. The standard InChI is InChI=1S/C21H20FN3O3S2/c1-13-12-23-21(29-13)19(14-5-6-14)24-20(26)15-3-2-4-18(11-15)30(27,28)25-17-9-7-16(22)8-10-17/h2-4,7-12,14,19,25H,5-6H2,1H3,(H,24,26)/t19-/m0/s1. The van der Waals surface area contributed by atoms with Gasteiger partial charge in [-0.25, -0.2) is 17.8 Å². The van der Waals surface area contributed by atoms with Crippen molar-refractivity contribution in [3.8, 4) is 0 Å². The lowest BCUT2D eigenvalue weighted by molar-refractivity contribution is 0.0931. The summed E-state index contributed by atoms with van der Waals surface area (Å²) >= 11 is 1.55. The van der Waals surface area contributed by atoms with E-state index >= 15 is 0 Å². The molecule has 4 rings (SSSR count). The number of sulfonamides is 1. The van der Waals surface area contributed by atoms with Crippen LogP contribution in [0.2, 0.25) is 0 Å². The van der Waals surface area contributed by atoms with Crippen LogP contribution in [0.1, 0.15) is 39.1 Å². The molecule has 0 saturated heterocycles. The number of aromatic nitrogens is 1. The van der Waals surface area contributed by atoms with Gasteiger partial charge in [-0.1, -0.05) is 6.07 Å². The monoisotopic (exact) mass is 445 g/mol. The molecule has 1 heterocycles. The Morgan fingerprint density at radius 3 is 2.57 bits per heavy atom. The fraction of sp³-hybridized carbons (Fsp3) is 0.238. The molecule has 1 aliphatic carbocycles. The van der Waals surface area contributed by atoms with Crippen molar-refractivity contribution < 1.29 is 17.6 Å². The van der Waals surface area contributed by atoms with Crippen molar-refractivity contribution in [2.24, 2.45) is 5.92 Å². The average Bonchev–Trinajstić information content (AvgIpc) is 3.48. The lowest BCUT2D eigenvalue weighted by Gasteiger charge is -2.16. The normalized spacial score (nSPS) is 14.9. The molecule has 1 amide bonds. The average molecular weight is 446 g/mol. The van der Waals surface area contributed by atoms with E-state index in [9.17, 15) is 17.6 Å². The maximum Gasteiger partial charge on any atom is 0.261 e. The summed E-state index contributed by atoms with van der Waals surface area (Å²) in [4.78, 5) is 18.3. The van der Waals surface area contributed by atoms with E-state index in [1.165, 1.54) is 42.5 Å². The number of carbonyl (C=O) groups excluding carboxylic acids is 1. The minimum Gasteiger partial charge on any atom is -0.343 e. The van der Waals surface area contributed by atoms with Crippen molar-refractivity contribution in [3.63, 3.8) is 0 Å². The molecular formula is C21H20FN3O3S2.